The monoisotopic (exact) mass is 444 g/mol. The average molecular weight is 444 g/mol. The van der Waals surface area contributed by atoms with Gasteiger partial charge in [0, 0.05) is 11.8 Å². The molecule has 0 saturated heterocycles. The van der Waals surface area contributed by atoms with Gasteiger partial charge in [-0.2, -0.15) is 0 Å². The third-order valence-electron chi connectivity index (χ3n) is 5.31. The summed E-state index contributed by atoms with van der Waals surface area (Å²) in [6.45, 7) is 6.73. The zero-order valence-corrected chi connectivity index (χ0v) is 19.1. The number of methoxy groups -OCH3 is 4. The summed E-state index contributed by atoms with van der Waals surface area (Å²) in [6, 6.07) is 0. The minimum Gasteiger partial charge on any atom is -0.481 e. The van der Waals surface area contributed by atoms with Gasteiger partial charge in [-0.1, -0.05) is 27.7 Å². The van der Waals surface area contributed by atoms with Gasteiger partial charge in [-0.25, -0.2) is 20.0 Å². The van der Waals surface area contributed by atoms with Gasteiger partial charge < -0.3 is 39.4 Å². The molecular formula is C19H32N4O8. The highest BCUT2D eigenvalue weighted by atomic mass is 16.5. The molecule has 4 atom stereocenters. The maximum absolute atomic E-state index is 11.3. The number of ether oxygens (including phenoxy) is 4. The van der Waals surface area contributed by atoms with Crippen LogP contribution in [0.2, 0.25) is 0 Å². The molecule has 0 spiro atoms. The first kappa shape index (κ1) is 25.0. The maximum Gasteiger partial charge on any atom is 0.243 e. The van der Waals surface area contributed by atoms with E-state index in [1.165, 1.54) is 28.4 Å². The number of hydrogen-bond donors (Lipinski definition) is 4. The first-order valence-electron chi connectivity index (χ1n) is 9.73. The topological polar surface area (TPSA) is 167 Å². The zero-order valence-electron chi connectivity index (χ0n) is 19.1. The van der Waals surface area contributed by atoms with Gasteiger partial charge in [-0.15, -0.1) is 0 Å². The van der Waals surface area contributed by atoms with Crippen molar-refractivity contribution in [2.45, 2.75) is 57.0 Å². The van der Waals surface area contributed by atoms with Crippen LogP contribution < -0.4 is 0 Å². The van der Waals surface area contributed by atoms with Crippen LogP contribution in [0.5, 0.6) is 0 Å². The third kappa shape index (κ3) is 4.00. The average Bonchev–Trinajstić information content (AvgIpc) is 2.70. The van der Waals surface area contributed by atoms with Crippen LogP contribution in [0.4, 0.5) is 0 Å². The van der Waals surface area contributed by atoms with E-state index in [2.05, 4.69) is 20.0 Å². The summed E-state index contributed by atoms with van der Waals surface area (Å²) in [5.74, 6) is -2.28. The lowest BCUT2D eigenvalue weighted by Gasteiger charge is -2.41. The largest absolute Gasteiger partial charge is 0.481 e. The highest BCUT2D eigenvalue weighted by molar-refractivity contribution is 6.00. The lowest BCUT2D eigenvalue weighted by atomic mass is 9.92. The summed E-state index contributed by atoms with van der Waals surface area (Å²) in [6.07, 6.45) is -0.693. The smallest absolute Gasteiger partial charge is 0.243 e. The van der Waals surface area contributed by atoms with Crippen LogP contribution in [0.1, 0.15) is 34.1 Å². The van der Waals surface area contributed by atoms with Crippen LogP contribution in [-0.4, -0.2) is 95.4 Å². The molecule has 0 aromatic heterocycles. The van der Waals surface area contributed by atoms with E-state index in [4.69, 9.17) is 18.9 Å². The quantitative estimate of drug-likeness (QED) is 0.456. The molecule has 2 aliphatic heterocycles. The van der Waals surface area contributed by atoms with E-state index in [0.29, 0.717) is 0 Å². The fourth-order valence-electron chi connectivity index (χ4n) is 3.32. The molecule has 0 radical (unpaired) electrons. The molecule has 0 aliphatic carbocycles. The number of aliphatic imine (C=N–C) groups is 4. The van der Waals surface area contributed by atoms with E-state index in [9.17, 15) is 20.4 Å². The van der Waals surface area contributed by atoms with Gasteiger partial charge in [0.05, 0.1) is 34.9 Å². The molecular weight excluding hydrogens is 412 g/mol. The Labute approximate surface area is 181 Å². The van der Waals surface area contributed by atoms with Gasteiger partial charge in [-0.05, 0) is 0 Å². The van der Waals surface area contributed by atoms with Gasteiger partial charge in [0.1, 0.15) is 0 Å². The SMILES string of the molecule is COC1=NC(O)(C(C)C)C(OC)=NC1(O)CC1(O)N=C(OC)C(O)(C(C)C)N=C1OC. The molecule has 31 heavy (non-hydrogen) atoms. The number of aliphatic hydroxyl groups is 4. The van der Waals surface area contributed by atoms with Crippen LogP contribution in [0.25, 0.3) is 0 Å². The molecule has 2 aliphatic rings. The van der Waals surface area contributed by atoms with E-state index < -0.39 is 41.2 Å². The van der Waals surface area contributed by atoms with Crippen molar-refractivity contribution in [1.82, 2.24) is 0 Å². The molecule has 0 aromatic carbocycles. The Bertz CT molecular complexity index is 760. The molecule has 0 aromatic rings. The fourth-order valence-corrected chi connectivity index (χ4v) is 3.32. The minimum atomic E-state index is -2.31. The van der Waals surface area contributed by atoms with Crippen molar-refractivity contribution in [1.29, 1.82) is 0 Å². The summed E-state index contributed by atoms with van der Waals surface area (Å²) in [5.41, 5.74) is -8.41. The van der Waals surface area contributed by atoms with Crippen LogP contribution >= 0.6 is 0 Å². The highest BCUT2D eigenvalue weighted by Crippen LogP contribution is 2.38. The zero-order chi connectivity index (χ0) is 23.8. The Kier molecular flexibility index (Phi) is 6.72. The van der Waals surface area contributed by atoms with Crippen molar-refractivity contribution in [2.24, 2.45) is 31.8 Å². The summed E-state index contributed by atoms with van der Waals surface area (Å²) >= 11 is 0. The summed E-state index contributed by atoms with van der Waals surface area (Å²) in [7, 11) is 4.99. The molecule has 0 saturated carbocycles. The predicted molar refractivity (Wildman–Crippen MR) is 112 cm³/mol. The summed E-state index contributed by atoms with van der Waals surface area (Å²) in [4.78, 5) is 16.4. The lowest BCUT2D eigenvalue weighted by molar-refractivity contribution is -0.0316. The lowest BCUT2D eigenvalue weighted by Crippen LogP contribution is -2.59. The second-order valence-corrected chi connectivity index (χ2v) is 8.06. The number of nitrogens with zero attached hydrogens (tertiary/aromatic N) is 4. The van der Waals surface area contributed by atoms with E-state index in [0.717, 1.165) is 0 Å². The predicted octanol–water partition coefficient (Wildman–Crippen LogP) is -0.350. The van der Waals surface area contributed by atoms with Gasteiger partial charge in [0.2, 0.25) is 46.5 Å². The van der Waals surface area contributed by atoms with E-state index in [-0.39, 0.29) is 23.6 Å². The third-order valence-corrected chi connectivity index (χ3v) is 5.31. The molecule has 4 N–H and O–H groups in total. The Balaban J connectivity index is 2.61. The molecule has 12 nitrogen and oxygen atoms in total. The molecule has 4 unspecified atom stereocenters. The van der Waals surface area contributed by atoms with Gasteiger partial charge in [-0.3, -0.25) is 0 Å². The van der Waals surface area contributed by atoms with Crippen molar-refractivity contribution in [3.05, 3.63) is 0 Å². The molecule has 0 fully saturated rings. The second kappa shape index (κ2) is 8.34. The van der Waals surface area contributed by atoms with Crippen molar-refractivity contribution >= 4 is 23.6 Å². The van der Waals surface area contributed by atoms with Crippen molar-refractivity contribution in [3.63, 3.8) is 0 Å². The van der Waals surface area contributed by atoms with Crippen LogP contribution in [0, 0.1) is 11.8 Å². The Morgan fingerprint density at radius 2 is 0.871 bits per heavy atom. The van der Waals surface area contributed by atoms with E-state index in [1.807, 2.05) is 0 Å². The Hall–Kier alpha value is -2.28. The Morgan fingerprint density at radius 1 is 0.581 bits per heavy atom. The first-order chi connectivity index (χ1) is 14.3. The maximum atomic E-state index is 11.3. The minimum absolute atomic E-state index is 0.282. The van der Waals surface area contributed by atoms with Crippen LogP contribution in [0.15, 0.2) is 20.0 Å². The molecule has 176 valence electrons. The molecule has 12 heteroatoms. The Morgan fingerprint density at radius 3 is 1.10 bits per heavy atom. The van der Waals surface area contributed by atoms with Gasteiger partial charge in [0.25, 0.3) is 0 Å². The fraction of sp³-hybridized carbons (Fsp3) is 0.789. The van der Waals surface area contributed by atoms with E-state index in [1.54, 1.807) is 27.7 Å². The highest BCUT2D eigenvalue weighted by Gasteiger charge is 2.57. The van der Waals surface area contributed by atoms with Crippen LogP contribution in [-0.2, 0) is 18.9 Å². The van der Waals surface area contributed by atoms with E-state index >= 15 is 0 Å². The van der Waals surface area contributed by atoms with Crippen LogP contribution in [0.3, 0.4) is 0 Å². The van der Waals surface area contributed by atoms with Crippen molar-refractivity contribution in [2.75, 3.05) is 28.4 Å². The molecule has 2 rings (SSSR count). The molecule has 0 bridgehead atoms. The van der Waals surface area contributed by atoms with Crippen molar-refractivity contribution in [3.8, 4) is 0 Å². The number of hydrogen-bond acceptors (Lipinski definition) is 12. The molecule has 0 amide bonds. The van der Waals surface area contributed by atoms with Crippen molar-refractivity contribution < 1.29 is 39.4 Å². The summed E-state index contributed by atoms with van der Waals surface area (Å²) in [5, 5.41) is 44.4. The normalized spacial score (nSPS) is 35.8. The first-order valence-corrected chi connectivity index (χ1v) is 9.73. The second-order valence-electron chi connectivity index (χ2n) is 8.06. The molecule has 2 heterocycles. The van der Waals surface area contributed by atoms with Gasteiger partial charge in [0.15, 0.2) is 0 Å². The standard InChI is InChI=1S/C19H32N4O8/c1-10(2)18(26)14(30-7)20-16(24,12(22-18)28-5)9-17(25)13(29-6)23-19(27,11(3)4)15(21-17)31-8/h10-11,24-27H,9H2,1-8H3. The van der Waals surface area contributed by atoms with Gasteiger partial charge >= 0.3 is 0 Å². The summed E-state index contributed by atoms with van der Waals surface area (Å²) < 4.78 is 20.7. The number of rotatable bonds is 4.